The van der Waals surface area contributed by atoms with Crippen molar-refractivity contribution in [3.05, 3.63) is 76.3 Å². The molecule has 0 saturated heterocycles. The van der Waals surface area contributed by atoms with E-state index in [0.29, 0.717) is 28.3 Å². The lowest BCUT2D eigenvalue weighted by molar-refractivity contribution is -0.113. The van der Waals surface area contributed by atoms with E-state index >= 15 is 0 Å². The van der Waals surface area contributed by atoms with Gasteiger partial charge in [-0.1, -0.05) is 49.0 Å². The highest BCUT2D eigenvalue weighted by Gasteiger charge is 2.17. The molecule has 0 fully saturated rings. The van der Waals surface area contributed by atoms with Gasteiger partial charge in [0.25, 0.3) is 5.56 Å². The molecule has 0 unspecified atom stereocenters. The molecule has 7 nitrogen and oxygen atoms in total. The number of nitrogens with zero attached hydrogens (tertiary/aromatic N) is 4. The molecule has 32 heavy (non-hydrogen) atoms. The van der Waals surface area contributed by atoms with Crippen LogP contribution in [0.5, 0.6) is 0 Å². The fourth-order valence-corrected chi connectivity index (χ4v) is 4.45. The van der Waals surface area contributed by atoms with Crippen molar-refractivity contribution < 1.29 is 4.79 Å². The zero-order chi connectivity index (χ0) is 22.7. The van der Waals surface area contributed by atoms with Crippen LogP contribution in [0.15, 0.2) is 64.5 Å². The molecule has 2 heterocycles. The van der Waals surface area contributed by atoms with E-state index < -0.39 is 0 Å². The van der Waals surface area contributed by atoms with Crippen LogP contribution in [0.1, 0.15) is 24.7 Å². The molecule has 0 radical (unpaired) electrons. The Morgan fingerprint density at radius 1 is 1.06 bits per heavy atom. The molecular formula is C24H25N5O2S. The highest BCUT2D eigenvalue weighted by Crippen LogP contribution is 2.24. The van der Waals surface area contributed by atoms with Crippen molar-refractivity contribution in [2.24, 2.45) is 0 Å². The van der Waals surface area contributed by atoms with Crippen molar-refractivity contribution in [2.75, 3.05) is 11.1 Å². The number of thioether (sulfide) groups is 1. The number of carbonyl (C=O) groups excluding carboxylic acids is 1. The van der Waals surface area contributed by atoms with Crippen molar-refractivity contribution in [2.45, 2.75) is 38.9 Å². The number of hydrogen-bond donors (Lipinski definition) is 1. The molecule has 0 atom stereocenters. The summed E-state index contributed by atoms with van der Waals surface area (Å²) in [5.41, 5.74) is 3.82. The topological polar surface area (TPSA) is 81.8 Å². The van der Waals surface area contributed by atoms with Gasteiger partial charge < -0.3 is 5.32 Å². The predicted molar refractivity (Wildman–Crippen MR) is 129 cm³/mol. The van der Waals surface area contributed by atoms with Crippen LogP contribution >= 0.6 is 11.8 Å². The summed E-state index contributed by atoms with van der Waals surface area (Å²) in [5.74, 6) is -0.0246. The van der Waals surface area contributed by atoms with Gasteiger partial charge in [0.05, 0.1) is 39.4 Å². The maximum atomic E-state index is 12.9. The molecule has 2 aromatic carbocycles. The van der Waals surface area contributed by atoms with Crippen LogP contribution in [0.3, 0.4) is 0 Å². The molecule has 2 aromatic heterocycles. The molecule has 0 saturated carbocycles. The molecule has 4 rings (SSSR count). The molecule has 1 N–H and O–H groups in total. The van der Waals surface area contributed by atoms with Crippen LogP contribution < -0.4 is 10.9 Å². The lowest BCUT2D eigenvalue weighted by Gasteiger charge is -2.12. The molecule has 0 spiro atoms. The second kappa shape index (κ2) is 9.40. The Kier molecular flexibility index (Phi) is 6.41. The van der Waals surface area contributed by atoms with Crippen LogP contribution in [0, 0.1) is 13.8 Å². The van der Waals surface area contributed by atoms with Gasteiger partial charge in [0.1, 0.15) is 0 Å². The second-order valence-corrected chi connectivity index (χ2v) is 8.44. The van der Waals surface area contributed by atoms with Crippen LogP contribution in [0.25, 0.3) is 16.6 Å². The third-order valence-electron chi connectivity index (χ3n) is 5.16. The molecule has 0 bridgehead atoms. The zero-order valence-corrected chi connectivity index (χ0v) is 19.1. The van der Waals surface area contributed by atoms with E-state index in [-0.39, 0.29) is 17.2 Å². The molecule has 1 amide bonds. The van der Waals surface area contributed by atoms with Crippen molar-refractivity contribution in [3.63, 3.8) is 0 Å². The number of rotatable bonds is 7. The van der Waals surface area contributed by atoms with Gasteiger partial charge in [0.15, 0.2) is 5.16 Å². The minimum atomic E-state index is -0.167. The Bertz CT molecular complexity index is 1330. The molecule has 0 aliphatic carbocycles. The molecule has 8 heteroatoms. The first-order valence-electron chi connectivity index (χ1n) is 10.5. The quantitative estimate of drug-likeness (QED) is 0.337. The number of hydrogen-bond acceptors (Lipinski definition) is 5. The van der Waals surface area contributed by atoms with E-state index in [0.717, 1.165) is 23.5 Å². The Morgan fingerprint density at radius 3 is 2.53 bits per heavy atom. The number of amides is 1. The summed E-state index contributed by atoms with van der Waals surface area (Å²) in [5, 5.41) is 8.70. The number of nitrogens with one attached hydrogen (secondary N) is 1. The highest BCUT2D eigenvalue weighted by molar-refractivity contribution is 7.99. The number of para-hydroxylation sites is 2. The average molecular weight is 448 g/mol. The lowest BCUT2D eigenvalue weighted by atomic mass is 10.2. The van der Waals surface area contributed by atoms with Gasteiger partial charge in [0, 0.05) is 6.54 Å². The molecule has 0 aliphatic rings. The van der Waals surface area contributed by atoms with E-state index in [1.165, 1.54) is 11.8 Å². The van der Waals surface area contributed by atoms with E-state index in [4.69, 9.17) is 0 Å². The van der Waals surface area contributed by atoms with Gasteiger partial charge in [-0.15, -0.1) is 0 Å². The molecular weight excluding hydrogens is 422 g/mol. The fraction of sp³-hybridized carbons (Fsp3) is 0.250. The third-order valence-corrected chi connectivity index (χ3v) is 6.14. The van der Waals surface area contributed by atoms with Gasteiger partial charge in [0.2, 0.25) is 5.91 Å². The number of aromatic nitrogens is 4. The Hall–Kier alpha value is -3.39. The van der Waals surface area contributed by atoms with Crippen LogP contribution in [-0.4, -0.2) is 31.0 Å². The first-order valence-corrected chi connectivity index (χ1v) is 11.5. The van der Waals surface area contributed by atoms with Gasteiger partial charge in [-0.2, -0.15) is 5.10 Å². The number of fused-ring (bicyclic) bond motifs is 1. The smallest absolute Gasteiger partial charge is 0.262 e. The van der Waals surface area contributed by atoms with Gasteiger partial charge in [-0.3, -0.25) is 14.2 Å². The van der Waals surface area contributed by atoms with Gasteiger partial charge >= 0.3 is 0 Å². The largest absolute Gasteiger partial charge is 0.322 e. The van der Waals surface area contributed by atoms with Crippen LogP contribution in [0.4, 0.5) is 5.69 Å². The monoisotopic (exact) mass is 447 g/mol. The summed E-state index contributed by atoms with van der Waals surface area (Å²) in [7, 11) is 0. The van der Waals surface area contributed by atoms with Crippen LogP contribution in [0.2, 0.25) is 0 Å². The van der Waals surface area contributed by atoms with E-state index in [1.54, 1.807) is 10.6 Å². The Labute approximate surface area is 190 Å². The Morgan fingerprint density at radius 2 is 1.78 bits per heavy atom. The van der Waals surface area contributed by atoms with E-state index in [9.17, 15) is 9.59 Å². The summed E-state index contributed by atoms with van der Waals surface area (Å²) < 4.78 is 3.48. The minimum absolute atomic E-state index is 0.0730. The Balaban J connectivity index is 1.54. The zero-order valence-electron chi connectivity index (χ0n) is 18.3. The third kappa shape index (κ3) is 4.31. The lowest BCUT2D eigenvalue weighted by Crippen LogP contribution is -2.24. The summed E-state index contributed by atoms with van der Waals surface area (Å²) in [6.45, 7) is 6.37. The van der Waals surface area contributed by atoms with Gasteiger partial charge in [-0.25, -0.2) is 9.67 Å². The predicted octanol–water partition coefficient (Wildman–Crippen LogP) is 4.34. The maximum Gasteiger partial charge on any atom is 0.262 e. The highest BCUT2D eigenvalue weighted by atomic mass is 32.2. The average Bonchev–Trinajstić information content (AvgIpc) is 3.08. The van der Waals surface area contributed by atoms with E-state index in [1.807, 2.05) is 74.0 Å². The number of aryl methyl sites for hydroxylation is 1. The molecule has 164 valence electrons. The number of carbonyl (C=O) groups is 1. The van der Waals surface area contributed by atoms with Crippen molar-refractivity contribution in [3.8, 4) is 5.69 Å². The molecule has 0 aliphatic heterocycles. The summed E-state index contributed by atoms with van der Waals surface area (Å²) in [4.78, 5) is 30.3. The number of benzene rings is 2. The minimum Gasteiger partial charge on any atom is -0.322 e. The first kappa shape index (κ1) is 21.8. The van der Waals surface area contributed by atoms with Gasteiger partial charge in [-0.05, 0) is 44.5 Å². The number of anilines is 1. The summed E-state index contributed by atoms with van der Waals surface area (Å²) >= 11 is 1.27. The molecule has 4 aromatic rings. The van der Waals surface area contributed by atoms with Crippen molar-refractivity contribution in [1.29, 1.82) is 0 Å². The summed E-state index contributed by atoms with van der Waals surface area (Å²) in [6.07, 6.45) is 0.802. The fourth-order valence-electron chi connectivity index (χ4n) is 3.63. The normalized spacial score (nSPS) is 11.1. The maximum absolute atomic E-state index is 12.9. The van der Waals surface area contributed by atoms with Crippen molar-refractivity contribution in [1.82, 2.24) is 19.3 Å². The van der Waals surface area contributed by atoms with Crippen molar-refractivity contribution >= 4 is 34.3 Å². The standard InChI is InChI=1S/C24H25N5O2S/c1-4-14-28-23(31)19-12-8-9-13-20(19)25-24(28)32-15-21(30)26-22-16(2)27-29(17(22)3)18-10-6-5-7-11-18/h5-13H,4,14-15H2,1-3H3,(H,26,30). The SMILES string of the molecule is CCCn1c(SCC(=O)Nc2c(C)nn(-c3ccccc3)c2C)nc2ccccc2c1=O. The van der Waals surface area contributed by atoms with E-state index in [2.05, 4.69) is 15.4 Å². The first-order chi connectivity index (χ1) is 15.5. The summed E-state index contributed by atoms with van der Waals surface area (Å²) in [6, 6.07) is 17.1. The van der Waals surface area contributed by atoms with Crippen LogP contribution in [-0.2, 0) is 11.3 Å². The second-order valence-electron chi connectivity index (χ2n) is 7.50.